The van der Waals surface area contributed by atoms with Crippen molar-refractivity contribution in [3.05, 3.63) is 77.6 Å². The number of anilines is 1. The molecular formula is C27H30N4O2. The first-order valence-corrected chi connectivity index (χ1v) is 11.6. The second kappa shape index (κ2) is 8.94. The van der Waals surface area contributed by atoms with E-state index in [2.05, 4.69) is 52.2 Å². The topological polar surface area (TPSA) is 67.4 Å². The average molecular weight is 443 g/mol. The van der Waals surface area contributed by atoms with Gasteiger partial charge in [0.1, 0.15) is 5.75 Å². The predicted octanol–water partition coefficient (Wildman–Crippen LogP) is 5.13. The molecule has 1 aliphatic carbocycles. The lowest BCUT2D eigenvalue weighted by Crippen LogP contribution is -2.35. The van der Waals surface area contributed by atoms with Crippen LogP contribution in [0.1, 0.15) is 36.0 Å². The maximum absolute atomic E-state index is 12.9. The van der Waals surface area contributed by atoms with Crippen molar-refractivity contribution < 1.29 is 9.53 Å². The lowest BCUT2D eigenvalue weighted by molar-refractivity contribution is -0.118. The van der Waals surface area contributed by atoms with E-state index in [0.29, 0.717) is 6.01 Å². The number of hydrogen-bond acceptors (Lipinski definition) is 5. The second-order valence-electron chi connectivity index (χ2n) is 9.54. The summed E-state index contributed by atoms with van der Waals surface area (Å²) in [4.78, 5) is 23.5. The highest BCUT2D eigenvalue weighted by molar-refractivity contribution is 5.95. The summed E-state index contributed by atoms with van der Waals surface area (Å²) >= 11 is 0. The first-order chi connectivity index (χ1) is 16.0. The Kier molecular flexibility index (Phi) is 5.85. The summed E-state index contributed by atoms with van der Waals surface area (Å²) < 4.78 is 5.67. The van der Waals surface area contributed by atoms with Crippen molar-refractivity contribution in [1.82, 2.24) is 14.9 Å². The number of benzene rings is 2. The molecule has 1 aliphatic heterocycles. The normalized spacial score (nSPS) is 19.3. The third-order valence-corrected chi connectivity index (χ3v) is 6.93. The largest absolute Gasteiger partial charge is 0.424 e. The van der Waals surface area contributed by atoms with Gasteiger partial charge in [0.05, 0.1) is 0 Å². The van der Waals surface area contributed by atoms with Crippen LogP contribution in [0.2, 0.25) is 0 Å². The molecule has 1 N–H and O–H groups in total. The number of aromatic nitrogens is 2. The fourth-order valence-corrected chi connectivity index (χ4v) is 5.07. The Morgan fingerprint density at radius 1 is 1.06 bits per heavy atom. The van der Waals surface area contributed by atoms with E-state index in [1.807, 2.05) is 24.3 Å². The van der Waals surface area contributed by atoms with Crippen molar-refractivity contribution >= 4 is 11.6 Å². The van der Waals surface area contributed by atoms with Crippen molar-refractivity contribution in [3.8, 4) is 11.8 Å². The highest BCUT2D eigenvalue weighted by Crippen LogP contribution is 2.59. The molecule has 1 saturated heterocycles. The number of rotatable bonds is 6. The molecule has 6 heteroatoms. The van der Waals surface area contributed by atoms with Crippen LogP contribution in [0.4, 0.5) is 5.69 Å². The van der Waals surface area contributed by atoms with Crippen LogP contribution < -0.4 is 10.1 Å². The van der Waals surface area contributed by atoms with Gasteiger partial charge < -0.3 is 10.1 Å². The summed E-state index contributed by atoms with van der Waals surface area (Å²) in [6.07, 6.45) is 6.52. The van der Waals surface area contributed by atoms with E-state index in [1.54, 1.807) is 18.5 Å². The fraction of sp³-hybridized carbons (Fsp3) is 0.370. The molecule has 2 heterocycles. The van der Waals surface area contributed by atoms with Gasteiger partial charge >= 0.3 is 6.01 Å². The van der Waals surface area contributed by atoms with Gasteiger partial charge in [-0.2, -0.15) is 0 Å². The predicted molar refractivity (Wildman–Crippen MR) is 128 cm³/mol. The molecule has 2 fully saturated rings. The number of carbonyl (C=O) groups is 1. The molecule has 1 amide bonds. The van der Waals surface area contributed by atoms with E-state index in [-0.39, 0.29) is 17.2 Å². The lowest BCUT2D eigenvalue weighted by Gasteiger charge is -2.32. The Labute approximate surface area is 195 Å². The van der Waals surface area contributed by atoms with Crippen LogP contribution in [0.3, 0.4) is 0 Å². The molecular weight excluding hydrogens is 412 g/mol. The number of piperidine rings is 1. The molecule has 0 unspecified atom stereocenters. The van der Waals surface area contributed by atoms with E-state index >= 15 is 0 Å². The first-order valence-electron chi connectivity index (χ1n) is 11.6. The van der Waals surface area contributed by atoms with Crippen molar-refractivity contribution in [2.75, 3.05) is 18.4 Å². The summed E-state index contributed by atoms with van der Waals surface area (Å²) in [5, 5.41) is 3.16. The Bertz CT molecular complexity index is 1100. The van der Waals surface area contributed by atoms with Crippen LogP contribution in [0.25, 0.3) is 0 Å². The monoisotopic (exact) mass is 442 g/mol. The number of hydrogen-bond donors (Lipinski definition) is 1. The molecule has 2 aromatic carbocycles. The van der Waals surface area contributed by atoms with Crippen LogP contribution in [0, 0.1) is 25.2 Å². The fourth-order valence-electron chi connectivity index (χ4n) is 5.07. The SMILES string of the molecule is Cc1cc(C)cc(NC(=O)[C@H]2CC23CCN(Cc2ccc(Oc4ncccn4)cc2)CC3)c1. The second-order valence-corrected chi connectivity index (χ2v) is 9.54. The van der Waals surface area contributed by atoms with Gasteiger partial charge in [-0.15, -0.1) is 0 Å². The Morgan fingerprint density at radius 2 is 1.73 bits per heavy atom. The smallest absolute Gasteiger partial charge is 0.321 e. The third kappa shape index (κ3) is 5.06. The number of nitrogens with zero attached hydrogens (tertiary/aromatic N) is 3. The van der Waals surface area contributed by atoms with Crippen LogP contribution in [-0.4, -0.2) is 33.9 Å². The van der Waals surface area contributed by atoms with E-state index < -0.39 is 0 Å². The van der Waals surface area contributed by atoms with Gasteiger partial charge in [-0.1, -0.05) is 18.2 Å². The molecule has 3 aromatic rings. The standard InChI is InChI=1S/C27H30N4O2/c1-19-14-20(2)16-22(15-19)30-25(32)24-17-27(24)8-12-31(13-9-27)18-21-4-6-23(7-5-21)33-26-28-10-3-11-29-26/h3-7,10-11,14-16,24H,8-9,12-13,17-18H2,1-2H3,(H,30,32)/t24-/m1/s1. The maximum Gasteiger partial charge on any atom is 0.321 e. The summed E-state index contributed by atoms with van der Waals surface area (Å²) in [5.41, 5.74) is 4.73. The minimum absolute atomic E-state index is 0.150. The van der Waals surface area contributed by atoms with Gasteiger partial charge in [-0.3, -0.25) is 9.69 Å². The van der Waals surface area contributed by atoms with Gasteiger partial charge in [-0.05, 0) is 98.6 Å². The quantitative estimate of drug-likeness (QED) is 0.573. The summed E-state index contributed by atoms with van der Waals surface area (Å²) in [5.74, 6) is 1.07. The Balaban J connectivity index is 1.11. The van der Waals surface area contributed by atoms with Crippen LogP contribution in [-0.2, 0) is 11.3 Å². The highest BCUT2D eigenvalue weighted by Gasteiger charge is 2.58. The number of nitrogens with one attached hydrogen (secondary N) is 1. The first kappa shape index (κ1) is 21.6. The molecule has 0 radical (unpaired) electrons. The molecule has 1 spiro atoms. The summed E-state index contributed by atoms with van der Waals surface area (Å²) in [7, 11) is 0. The maximum atomic E-state index is 12.9. The minimum atomic E-state index is 0.150. The number of amides is 1. The third-order valence-electron chi connectivity index (χ3n) is 6.93. The number of carbonyl (C=O) groups excluding carboxylic acids is 1. The Hall–Kier alpha value is -3.25. The van der Waals surface area contributed by atoms with Crippen molar-refractivity contribution in [2.45, 2.75) is 39.7 Å². The van der Waals surface area contributed by atoms with Crippen LogP contribution >= 0.6 is 0 Å². The van der Waals surface area contributed by atoms with Gasteiger partial charge in [0.25, 0.3) is 0 Å². The highest BCUT2D eigenvalue weighted by atomic mass is 16.5. The zero-order valence-corrected chi connectivity index (χ0v) is 19.3. The molecule has 5 rings (SSSR count). The Morgan fingerprint density at radius 3 is 2.39 bits per heavy atom. The minimum Gasteiger partial charge on any atom is -0.424 e. The number of ether oxygens (including phenoxy) is 1. The molecule has 1 saturated carbocycles. The van der Waals surface area contributed by atoms with E-state index in [4.69, 9.17) is 4.74 Å². The molecule has 33 heavy (non-hydrogen) atoms. The van der Waals surface area contributed by atoms with Crippen molar-refractivity contribution in [3.63, 3.8) is 0 Å². The van der Waals surface area contributed by atoms with E-state index in [9.17, 15) is 4.79 Å². The number of likely N-dealkylation sites (tertiary alicyclic amines) is 1. The van der Waals surface area contributed by atoms with Gasteiger partial charge in [0, 0.05) is 30.5 Å². The molecule has 1 aromatic heterocycles. The molecule has 6 nitrogen and oxygen atoms in total. The van der Waals surface area contributed by atoms with Crippen molar-refractivity contribution in [2.24, 2.45) is 11.3 Å². The zero-order chi connectivity index (χ0) is 22.8. The summed E-state index contributed by atoms with van der Waals surface area (Å²) in [6.45, 7) is 7.11. The van der Waals surface area contributed by atoms with Gasteiger partial charge in [0.15, 0.2) is 0 Å². The van der Waals surface area contributed by atoms with E-state index in [0.717, 1.165) is 50.3 Å². The molecule has 2 aliphatic rings. The lowest BCUT2D eigenvalue weighted by atomic mass is 9.90. The van der Waals surface area contributed by atoms with Crippen molar-refractivity contribution in [1.29, 1.82) is 0 Å². The van der Waals surface area contributed by atoms with Gasteiger partial charge in [0.2, 0.25) is 5.91 Å². The van der Waals surface area contributed by atoms with Crippen LogP contribution in [0.15, 0.2) is 60.9 Å². The van der Waals surface area contributed by atoms with Gasteiger partial charge in [-0.25, -0.2) is 9.97 Å². The summed E-state index contributed by atoms with van der Waals surface area (Å²) in [6, 6.07) is 16.5. The molecule has 1 atom stereocenters. The number of aryl methyl sites for hydroxylation is 2. The van der Waals surface area contributed by atoms with E-state index in [1.165, 1.54) is 16.7 Å². The van der Waals surface area contributed by atoms with Crippen LogP contribution in [0.5, 0.6) is 11.8 Å². The zero-order valence-electron chi connectivity index (χ0n) is 19.3. The molecule has 0 bridgehead atoms. The molecule has 170 valence electrons. The average Bonchev–Trinajstić information content (AvgIpc) is 3.50.